The van der Waals surface area contributed by atoms with E-state index in [0.717, 1.165) is 28.8 Å². The monoisotopic (exact) mass is 387 g/mol. The van der Waals surface area contributed by atoms with Crippen molar-refractivity contribution in [2.24, 2.45) is 0 Å². The Hall–Kier alpha value is -2.22. The molecule has 0 radical (unpaired) electrons. The van der Waals surface area contributed by atoms with E-state index < -0.39 is 0 Å². The number of fused-ring (bicyclic) bond motifs is 1. The number of ether oxygens (including phenoxy) is 2. The van der Waals surface area contributed by atoms with Gasteiger partial charge in [0.25, 0.3) is 5.91 Å². The Morgan fingerprint density at radius 2 is 2.04 bits per heavy atom. The Morgan fingerprint density at radius 1 is 1.32 bits per heavy atom. The summed E-state index contributed by atoms with van der Waals surface area (Å²) >= 11 is 0. The Balaban J connectivity index is 1.70. The van der Waals surface area contributed by atoms with Gasteiger partial charge in [0.1, 0.15) is 0 Å². The number of methoxy groups -OCH3 is 1. The molecule has 28 heavy (non-hydrogen) atoms. The molecule has 3 rings (SSSR count). The molecule has 2 atom stereocenters. The van der Waals surface area contributed by atoms with Crippen LogP contribution in [0.3, 0.4) is 0 Å². The summed E-state index contributed by atoms with van der Waals surface area (Å²) in [5, 5.41) is 16.7. The number of amides is 1. The zero-order valence-corrected chi connectivity index (χ0v) is 16.8. The fourth-order valence-corrected chi connectivity index (χ4v) is 3.66. The van der Waals surface area contributed by atoms with E-state index in [4.69, 9.17) is 14.6 Å². The molecule has 152 valence electrons. The van der Waals surface area contributed by atoms with Gasteiger partial charge in [-0.25, -0.2) is 0 Å². The van der Waals surface area contributed by atoms with Crippen molar-refractivity contribution in [3.05, 3.63) is 52.3 Å². The van der Waals surface area contributed by atoms with Crippen LogP contribution in [-0.2, 0) is 35.5 Å². The predicted octanol–water partition coefficient (Wildman–Crippen LogP) is 2.02. The zero-order valence-electron chi connectivity index (χ0n) is 16.8. The summed E-state index contributed by atoms with van der Waals surface area (Å²) < 4.78 is 13.0. The first kappa shape index (κ1) is 20.5. The molecule has 1 aliphatic rings. The maximum absolute atomic E-state index is 12.8. The second-order valence-corrected chi connectivity index (χ2v) is 7.20. The average Bonchev–Trinajstić information content (AvgIpc) is 3.05. The van der Waals surface area contributed by atoms with Gasteiger partial charge in [0, 0.05) is 25.6 Å². The molecule has 1 aromatic heterocycles. The summed E-state index contributed by atoms with van der Waals surface area (Å²) in [5.74, 6) is -0.152. The summed E-state index contributed by atoms with van der Waals surface area (Å²) in [6.45, 7) is 5.70. The summed E-state index contributed by atoms with van der Waals surface area (Å²) in [6.07, 6.45) is 1.35. The van der Waals surface area contributed by atoms with E-state index in [1.165, 1.54) is 0 Å². The second-order valence-electron chi connectivity index (χ2n) is 7.20. The maximum Gasteiger partial charge on any atom is 0.272 e. The van der Waals surface area contributed by atoms with Crippen LogP contribution in [0.5, 0.6) is 0 Å². The molecule has 7 nitrogen and oxygen atoms in total. The Bertz CT molecular complexity index is 801. The Labute approximate surface area is 165 Å². The normalized spacial score (nSPS) is 18.7. The Kier molecular flexibility index (Phi) is 6.83. The molecular formula is C21H29N3O4. The number of hydrogen-bond acceptors (Lipinski definition) is 5. The van der Waals surface area contributed by atoms with E-state index in [9.17, 15) is 4.79 Å². The minimum absolute atomic E-state index is 0.0361. The molecule has 0 spiro atoms. The third kappa shape index (κ3) is 4.60. The van der Waals surface area contributed by atoms with Crippen molar-refractivity contribution in [2.75, 3.05) is 20.3 Å². The lowest BCUT2D eigenvalue weighted by Gasteiger charge is -2.27. The minimum Gasteiger partial charge on any atom is -0.392 e. The second kappa shape index (κ2) is 9.32. The highest BCUT2D eigenvalue weighted by molar-refractivity contribution is 5.94. The van der Waals surface area contributed by atoms with Crippen LogP contribution >= 0.6 is 0 Å². The molecule has 1 aromatic carbocycles. The van der Waals surface area contributed by atoms with Gasteiger partial charge < -0.3 is 19.9 Å². The van der Waals surface area contributed by atoms with Gasteiger partial charge in [-0.3, -0.25) is 9.48 Å². The van der Waals surface area contributed by atoms with Gasteiger partial charge >= 0.3 is 0 Å². The molecule has 2 aromatic rings. The first-order chi connectivity index (χ1) is 13.5. The molecular weight excluding hydrogens is 358 g/mol. The van der Waals surface area contributed by atoms with Gasteiger partial charge in [-0.05, 0) is 31.4 Å². The highest BCUT2D eigenvalue weighted by atomic mass is 16.5. The molecule has 0 saturated heterocycles. The first-order valence-corrected chi connectivity index (χ1v) is 9.74. The van der Waals surface area contributed by atoms with Gasteiger partial charge in [0.15, 0.2) is 5.69 Å². The van der Waals surface area contributed by atoms with Crippen LogP contribution in [0.1, 0.15) is 52.8 Å². The number of benzene rings is 1. The zero-order chi connectivity index (χ0) is 20.1. The quantitative estimate of drug-likeness (QED) is 0.724. The maximum atomic E-state index is 12.8. The number of carbonyl (C=O) groups is 1. The molecule has 2 heterocycles. The number of aromatic nitrogens is 2. The molecule has 1 amide bonds. The first-order valence-electron chi connectivity index (χ1n) is 9.74. The highest BCUT2D eigenvalue weighted by Gasteiger charge is 2.32. The lowest BCUT2D eigenvalue weighted by atomic mass is 9.99. The number of carbonyl (C=O) groups excluding carboxylic acids is 1. The van der Waals surface area contributed by atoms with Crippen LogP contribution in [0.15, 0.2) is 24.3 Å². The fraction of sp³-hybridized carbons (Fsp3) is 0.524. The molecule has 2 N–H and O–H groups in total. The van der Waals surface area contributed by atoms with Crippen molar-refractivity contribution in [3.8, 4) is 0 Å². The van der Waals surface area contributed by atoms with E-state index in [1.807, 2.05) is 42.8 Å². The van der Waals surface area contributed by atoms with E-state index in [2.05, 4.69) is 10.4 Å². The summed E-state index contributed by atoms with van der Waals surface area (Å²) in [6, 6.07) is 7.74. The van der Waals surface area contributed by atoms with Crippen LogP contribution in [-0.4, -0.2) is 47.2 Å². The number of aliphatic hydroxyl groups is 1. The number of rotatable bonds is 8. The Morgan fingerprint density at radius 3 is 2.71 bits per heavy atom. The standard InChI is InChI=1S/C21H29N3O4/c1-14-12-18-19(23-24(10-11-27-3)20(18)15(2)28-14)21(26)22-9-8-16-4-6-17(13-25)7-5-16/h4-7,14-15,25H,8-13H2,1-3H3,(H,22,26)/t14-,15+/m1/s1. The lowest BCUT2D eigenvalue weighted by molar-refractivity contribution is -0.0101. The van der Waals surface area contributed by atoms with Gasteiger partial charge in [0.05, 0.1) is 37.7 Å². The third-order valence-electron chi connectivity index (χ3n) is 5.03. The van der Waals surface area contributed by atoms with Crippen LogP contribution in [0, 0.1) is 0 Å². The molecule has 0 aliphatic carbocycles. The van der Waals surface area contributed by atoms with Gasteiger partial charge in [-0.15, -0.1) is 0 Å². The highest BCUT2D eigenvalue weighted by Crippen LogP contribution is 2.32. The van der Waals surface area contributed by atoms with Gasteiger partial charge in [-0.2, -0.15) is 5.10 Å². The predicted molar refractivity (Wildman–Crippen MR) is 105 cm³/mol. The van der Waals surface area contributed by atoms with Crippen LogP contribution in [0.4, 0.5) is 0 Å². The SMILES string of the molecule is COCCn1nc(C(=O)NCCc2ccc(CO)cc2)c2c1[C@H](C)O[C@H](C)C2. The van der Waals surface area contributed by atoms with Crippen molar-refractivity contribution in [3.63, 3.8) is 0 Å². The molecule has 0 fully saturated rings. The smallest absolute Gasteiger partial charge is 0.272 e. The van der Waals surface area contributed by atoms with E-state index in [0.29, 0.717) is 31.8 Å². The average molecular weight is 387 g/mol. The largest absolute Gasteiger partial charge is 0.392 e. The summed E-state index contributed by atoms with van der Waals surface area (Å²) in [7, 11) is 1.65. The van der Waals surface area contributed by atoms with Crippen LogP contribution in [0.2, 0.25) is 0 Å². The molecule has 0 saturated carbocycles. The van der Waals surface area contributed by atoms with E-state index in [-0.39, 0.29) is 24.7 Å². The van der Waals surface area contributed by atoms with Crippen molar-refractivity contribution < 1.29 is 19.4 Å². The fourth-order valence-electron chi connectivity index (χ4n) is 3.66. The van der Waals surface area contributed by atoms with E-state index in [1.54, 1.807) is 7.11 Å². The topological polar surface area (TPSA) is 85.6 Å². The van der Waals surface area contributed by atoms with Crippen molar-refractivity contribution in [2.45, 2.75) is 52.0 Å². The summed E-state index contributed by atoms with van der Waals surface area (Å²) in [4.78, 5) is 12.8. The van der Waals surface area contributed by atoms with Gasteiger partial charge in [0.2, 0.25) is 0 Å². The third-order valence-corrected chi connectivity index (χ3v) is 5.03. The van der Waals surface area contributed by atoms with Crippen molar-refractivity contribution >= 4 is 5.91 Å². The molecule has 7 heteroatoms. The van der Waals surface area contributed by atoms with Gasteiger partial charge in [-0.1, -0.05) is 24.3 Å². The van der Waals surface area contributed by atoms with E-state index >= 15 is 0 Å². The van der Waals surface area contributed by atoms with Crippen LogP contribution < -0.4 is 5.32 Å². The van der Waals surface area contributed by atoms with Crippen LogP contribution in [0.25, 0.3) is 0 Å². The van der Waals surface area contributed by atoms with Crippen molar-refractivity contribution in [1.29, 1.82) is 0 Å². The lowest BCUT2D eigenvalue weighted by Crippen LogP contribution is -2.29. The number of nitrogens with one attached hydrogen (secondary N) is 1. The molecule has 0 bridgehead atoms. The number of nitrogens with zero attached hydrogens (tertiary/aromatic N) is 2. The minimum atomic E-state index is -0.152. The summed E-state index contributed by atoms with van der Waals surface area (Å²) in [5.41, 5.74) is 4.43. The molecule has 0 unspecified atom stereocenters. The molecule has 1 aliphatic heterocycles. The van der Waals surface area contributed by atoms with Crippen molar-refractivity contribution in [1.82, 2.24) is 15.1 Å². The number of hydrogen-bond donors (Lipinski definition) is 2. The number of aliphatic hydroxyl groups excluding tert-OH is 1.